The van der Waals surface area contributed by atoms with E-state index in [1.165, 1.54) is 18.5 Å². The van der Waals surface area contributed by atoms with Crippen LogP contribution in [0.5, 0.6) is 0 Å². The molecule has 0 fully saturated rings. The first-order valence-corrected chi connectivity index (χ1v) is 9.91. The summed E-state index contributed by atoms with van der Waals surface area (Å²) in [6.07, 6.45) is -1.92. The van der Waals surface area contributed by atoms with Gasteiger partial charge in [-0.2, -0.15) is 18.3 Å². The highest BCUT2D eigenvalue weighted by Crippen LogP contribution is 2.31. The van der Waals surface area contributed by atoms with Crippen LogP contribution in [-0.4, -0.2) is 27.3 Å². The molecule has 3 rings (SSSR count). The molecule has 6 nitrogen and oxygen atoms in total. The highest BCUT2D eigenvalue weighted by Gasteiger charge is 2.31. The lowest BCUT2D eigenvalue weighted by Gasteiger charge is -2.22. The predicted octanol–water partition coefficient (Wildman–Crippen LogP) is 4.54. The Kier molecular flexibility index (Phi) is 6.94. The standard InChI is InChI=1S/C22H24F3N5O/c1-3-18(11-15-9-7-14(2)8-10-15)28-21(31)29-19(20-26-13-27-30-20)16-5-4-6-17(12-16)22(23,24)25/h4-10,12-13,18-19H,3,11H2,1-2H3,(H,26,27,30)(H2,28,29,31). The van der Waals surface area contributed by atoms with E-state index in [0.717, 1.165) is 23.3 Å². The van der Waals surface area contributed by atoms with Crippen molar-refractivity contribution in [3.8, 4) is 0 Å². The van der Waals surface area contributed by atoms with Gasteiger partial charge in [-0.15, -0.1) is 0 Å². The third kappa shape index (κ3) is 6.07. The van der Waals surface area contributed by atoms with Crippen LogP contribution in [0, 0.1) is 6.92 Å². The van der Waals surface area contributed by atoms with Gasteiger partial charge in [-0.05, 0) is 43.0 Å². The zero-order chi connectivity index (χ0) is 22.4. The minimum absolute atomic E-state index is 0.139. The van der Waals surface area contributed by atoms with Crippen molar-refractivity contribution in [3.63, 3.8) is 0 Å². The van der Waals surface area contributed by atoms with Gasteiger partial charge in [0.2, 0.25) is 0 Å². The van der Waals surface area contributed by atoms with Gasteiger partial charge in [-0.3, -0.25) is 5.10 Å². The molecule has 9 heteroatoms. The van der Waals surface area contributed by atoms with Crippen molar-refractivity contribution in [3.05, 3.63) is 82.9 Å². The summed E-state index contributed by atoms with van der Waals surface area (Å²) in [5.74, 6) is 0.237. The highest BCUT2D eigenvalue weighted by atomic mass is 19.4. The molecule has 1 aromatic heterocycles. The SMILES string of the molecule is CCC(Cc1ccc(C)cc1)NC(=O)NC(c1cccc(C(F)(F)F)c1)c1ncn[nH]1. The van der Waals surface area contributed by atoms with Gasteiger partial charge in [-0.1, -0.05) is 48.9 Å². The number of aromatic nitrogens is 3. The van der Waals surface area contributed by atoms with E-state index in [2.05, 4.69) is 25.8 Å². The minimum atomic E-state index is -4.49. The zero-order valence-corrected chi connectivity index (χ0v) is 17.2. The molecule has 2 atom stereocenters. The fourth-order valence-electron chi connectivity index (χ4n) is 3.22. The summed E-state index contributed by atoms with van der Waals surface area (Å²) in [5.41, 5.74) is 1.68. The molecule has 31 heavy (non-hydrogen) atoms. The van der Waals surface area contributed by atoms with Crippen molar-refractivity contribution in [1.29, 1.82) is 0 Å². The number of nitrogens with one attached hydrogen (secondary N) is 3. The molecule has 0 spiro atoms. The summed E-state index contributed by atoms with van der Waals surface area (Å²) in [7, 11) is 0. The quantitative estimate of drug-likeness (QED) is 0.514. The summed E-state index contributed by atoms with van der Waals surface area (Å²) in [6, 6.07) is 11.3. The van der Waals surface area contributed by atoms with E-state index in [9.17, 15) is 18.0 Å². The number of H-pyrrole nitrogens is 1. The van der Waals surface area contributed by atoms with Gasteiger partial charge in [0, 0.05) is 6.04 Å². The van der Waals surface area contributed by atoms with Crippen LogP contribution in [0.25, 0.3) is 0 Å². The van der Waals surface area contributed by atoms with Crippen molar-refractivity contribution < 1.29 is 18.0 Å². The third-order valence-corrected chi connectivity index (χ3v) is 4.96. The molecule has 3 N–H and O–H groups in total. The van der Waals surface area contributed by atoms with Gasteiger partial charge in [0.25, 0.3) is 0 Å². The number of rotatable bonds is 7. The number of carbonyl (C=O) groups is 1. The topological polar surface area (TPSA) is 82.7 Å². The van der Waals surface area contributed by atoms with Gasteiger partial charge in [-0.25, -0.2) is 9.78 Å². The van der Waals surface area contributed by atoms with Crippen molar-refractivity contribution in [2.24, 2.45) is 0 Å². The number of aryl methyl sites for hydroxylation is 1. The second-order valence-electron chi connectivity index (χ2n) is 7.34. The average Bonchev–Trinajstić information content (AvgIpc) is 3.27. The van der Waals surface area contributed by atoms with Crippen molar-refractivity contribution in [2.45, 2.75) is 44.9 Å². The fraction of sp³-hybridized carbons (Fsp3) is 0.318. The average molecular weight is 431 g/mol. The maximum absolute atomic E-state index is 13.2. The Morgan fingerprint density at radius 3 is 2.48 bits per heavy atom. The third-order valence-electron chi connectivity index (χ3n) is 4.96. The summed E-state index contributed by atoms with van der Waals surface area (Å²) in [6.45, 7) is 3.96. The molecule has 0 bridgehead atoms. The van der Waals surface area contributed by atoms with E-state index >= 15 is 0 Å². The molecule has 164 valence electrons. The first-order valence-electron chi connectivity index (χ1n) is 9.91. The lowest BCUT2D eigenvalue weighted by atomic mass is 10.0. The number of aromatic amines is 1. The Morgan fingerprint density at radius 2 is 1.87 bits per heavy atom. The van der Waals surface area contributed by atoms with E-state index in [0.29, 0.717) is 12.8 Å². The monoisotopic (exact) mass is 431 g/mol. The van der Waals surface area contributed by atoms with Crippen LogP contribution in [-0.2, 0) is 12.6 Å². The molecule has 2 unspecified atom stereocenters. The van der Waals surface area contributed by atoms with E-state index in [1.54, 1.807) is 0 Å². The van der Waals surface area contributed by atoms with Gasteiger partial charge in [0.05, 0.1) is 5.56 Å². The van der Waals surface area contributed by atoms with Gasteiger partial charge in [0.15, 0.2) is 5.82 Å². The number of urea groups is 1. The maximum Gasteiger partial charge on any atom is 0.416 e. The Hall–Kier alpha value is -3.36. The second-order valence-corrected chi connectivity index (χ2v) is 7.34. The fourth-order valence-corrected chi connectivity index (χ4v) is 3.22. The number of hydrogen-bond acceptors (Lipinski definition) is 3. The van der Waals surface area contributed by atoms with Crippen LogP contribution in [0.15, 0.2) is 54.9 Å². The molecule has 3 aromatic rings. The Morgan fingerprint density at radius 1 is 1.13 bits per heavy atom. The van der Waals surface area contributed by atoms with Crippen molar-refractivity contribution in [2.75, 3.05) is 0 Å². The maximum atomic E-state index is 13.2. The summed E-state index contributed by atoms with van der Waals surface area (Å²) >= 11 is 0. The van der Waals surface area contributed by atoms with E-state index < -0.39 is 23.8 Å². The van der Waals surface area contributed by atoms with Gasteiger partial charge in [0.1, 0.15) is 12.4 Å². The van der Waals surface area contributed by atoms with Crippen LogP contribution >= 0.6 is 0 Å². The molecule has 0 radical (unpaired) electrons. The molecule has 0 aliphatic carbocycles. The minimum Gasteiger partial charge on any atom is -0.335 e. The van der Waals surface area contributed by atoms with Crippen LogP contribution in [0.3, 0.4) is 0 Å². The van der Waals surface area contributed by atoms with Crippen molar-refractivity contribution >= 4 is 6.03 Å². The molecule has 2 amide bonds. The molecule has 1 heterocycles. The van der Waals surface area contributed by atoms with Crippen LogP contribution in [0.1, 0.15) is 47.5 Å². The number of alkyl halides is 3. The highest BCUT2D eigenvalue weighted by molar-refractivity contribution is 5.75. The van der Waals surface area contributed by atoms with Crippen molar-refractivity contribution in [1.82, 2.24) is 25.8 Å². The van der Waals surface area contributed by atoms with Gasteiger partial charge >= 0.3 is 12.2 Å². The van der Waals surface area contributed by atoms with Crippen LogP contribution in [0.4, 0.5) is 18.0 Å². The van der Waals surface area contributed by atoms with Crippen LogP contribution < -0.4 is 10.6 Å². The first kappa shape index (κ1) is 22.3. The Balaban J connectivity index is 1.75. The Bertz CT molecular complexity index is 987. The summed E-state index contributed by atoms with van der Waals surface area (Å²) < 4.78 is 39.5. The summed E-state index contributed by atoms with van der Waals surface area (Å²) in [5, 5.41) is 12.0. The molecule has 2 aromatic carbocycles. The predicted molar refractivity (Wildman–Crippen MR) is 110 cm³/mol. The number of halogens is 3. The normalized spacial score (nSPS) is 13.5. The molecule has 0 saturated carbocycles. The molecular formula is C22H24F3N5O. The molecular weight excluding hydrogens is 407 g/mol. The first-order chi connectivity index (χ1) is 14.8. The molecule has 0 aliphatic heterocycles. The number of hydrogen-bond donors (Lipinski definition) is 3. The lowest BCUT2D eigenvalue weighted by Crippen LogP contribution is -2.44. The lowest BCUT2D eigenvalue weighted by molar-refractivity contribution is -0.137. The number of nitrogens with zero attached hydrogens (tertiary/aromatic N) is 2. The molecule has 0 saturated heterocycles. The van der Waals surface area contributed by atoms with E-state index in [-0.39, 0.29) is 17.4 Å². The number of carbonyl (C=O) groups excluding carboxylic acids is 1. The smallest absolute Gasteiger partial charge is 0.335 e. The van der Waals surface area contributed by atoms with Gasteiger partial charge < -0.3 is 10.6 Å². The largest absolute Gasteiger partial charge is 0.416 e. The Labute approximate surface area is 178 Å². The summed E-state index contributed by atoms with van der Waals surface area (Å²) in [4.78, 5) is 16.7. The van der Waals surface area contributed by atoms with E-state index in [4.69, 9.17) is 0 Å². The molecule has 0 aliphatic rings. The zero-order valence-electron chi connectivity index (χ0n) is 17.2. The van der Waals surface area contributed by atoms with E-state index in [1.807, 2.05) is 38.1 Å². The number of benzene rings is 2. The number of amides is 2. The second kappa shape index (κ2) is 9.63. The van der Waals surface area contributed by atoms with Crippen LogP contribution in [0.2, 0.25) is 0 Å².